The molecule has 0 fully saturated rings. The SMILES string of the molecule is CCCNCC(C)n1cnc2c1CCCC2. The first-order valence-corrected chi connectivity index (χ1v) is 6.58. The summed E-state index contributed by atoms with van der Waals surface area (Å²) < 4.78 is 2.37. The Hall–Kier alpha value is -0.830. The summed E-state index contributed by atoms with van der Waals surface area (Å²) in [6, 6.07) is 0.529. The minimum Gasteiger partial charge on any atom is -0.330 e. The predicted octanol–water partition coefficient (Wildman–Crippen LogP) is 2.32. The number of rotatable bonds is 5. The molecule has 16 heavy (non-hydrogen) atoms. The maximum absolute atomic E-state index is 4.54. The first kappa shape index (κ1) is 11.6. The van der Waals surface area contributed by atoms with Crippen LogP contribution in [0.15, 0.2) is 6.33 Å². The summed E-state index contributed by atoms with van der Waals surface area (Å²) in [7, 11) is 0. The van der Waals surface area contributed by atoms with Gasteiger partial charge in [0.1, 0.15) is 0 Å². The lowest BCUT2D eigenvalue weighted by molar-refractivity contribution is 0.472. The Morgan fingerprint density at radius 1 is 1.44 bits per heavy atom. The van der Waals surface area contributed by atoms with Crippen LogP contribution in [0.4, 0.5) is 0 Å². The van der Waals surface area contributed by atoms with Crippen LogP contribution in [0.2, 0.25) is 0 Å². The molecular formula is C13H23N3. The lowest BCUT2D eigenvalue weighted by Gasteiger charge is -2.19. The third kappa shape index (κ3) is 2.46. The van der Waals surface area contributed by atoms with Crippen molar-refractivity contribution in [3.8, 4) is 0 Å². The van der Waals surface area contributed by atoms with Gasteiger partial charge in [0.2, 0.25) is 0 Å². The van der Waals surface area contributed by atoms with Crippen LogP contribution in [0.5, 0.6) is 0 Å². The largest absolute Gasteiger partial charge is 0.330 e. The normalized spacial score (nSPS) is 17.1. The number of aromatic nitrogens is 2. The highest BCUT2D eigenvalue weighted by Crippen LogP contribution is 2.22. The lowest BCUT2D eigenvalue weighted by atomic mass is 10.0. The second kappa shape index (κ2) is 5.48. The number of hydrogen-bond acceptors (Lipinski definition) is 2. The lowest BCUT2D eigenvalue weighted by Crippen LogP contribution is -2.25. The van der Waals surface area contributed by atoms with Gasteiger partial charge in [-0.05, 0) is 45.6 Å². The van der Waals surface area contributed by atoms with Crippen molar-refractivity contribution in [1.82, 2.24) is 14.9 Å². The van der Waals surface area contributed by atoms with Crippen molar-refractivity contribution in [2.45, 2.75) is 52.0 Å². The average molecular weight is 221 g/mol. The Labute approximate surface area is 98.3 Å². The van der Waals surface area contributed by atoms with Gasteiger partial charge in [-0.1, -0.05) is 6.92 Å². The molecule has 0 saturated carbocycles. The van der Waals surface area contributed by atoms with E-state index in [-0.39, 0.29) is 0 Å². The van der Waals surface area contributed by atoms with Gasteiger partial charge in [-0.2, -0.15) is 0 Å². The fraction of sp³-hybridized carbons (Fsp3) is 0.769. The molecule has 0 saturated heterocycles. The molecule has 0 spiro atoms. The summed E-state index contributed by atoms with van der Waals surface area (Å²) in [6.45, 7) is 6.65. The van der Waals surface area contributed by atoms with Crippen molar-refractivity contribution in [1.29, 1.82) is 0 Å². The molecular weight excluding hydrogens is 198 g/mol. The van der Waals surface area contributed by atoms with Crippen LogP contribution in [-0.4, -0.2) is 22.6 Å². The van der Waals surface area contributed by atoms with E-state index >= 15 is 0 Å². The Balaban J connectivity index is 1.99. The summed E-state index contributed by atoms with van der Waals surface area (Å²) in [4.78, 5) is 4.54. The third-order valence-electron chi connectivity index (χ3n) is 3.40. The predicted molar refractivity (Wildman–Crippen MR) is 66.7 cm³/mol. The van der Waals surface area contributed by atoms with Gasteiger partial charge in [0, 0.05) is 18.3 Å². The summed E-state index contributed by atoms with van der Waals surface area (Å²) in [5.41, 5.74) is 2.82. The number of nitrogens with zero attached hydrogens (tertiary/aromatic N) is 2. The van der Waals surface area contributed by atoms with E-state index in [0.717, 1.165) is 13.1 Å². The smallest absolute Gasteiger partial charge is 0.0954 e. The molecule has 1 heterocycles. The van der Waals surface area contributed by atoms with Crippen LogP contribution < -0.4 is 5.32 Å². The molecule has 3 heteroatoms. The van der Waals surface area contributed by atoms with E-state index in [2.05, 4.69) is 28.7 Å². The summed E-state index contributed by atoms with van der Waals surface area (Å²) in [6.07, 6.45) is 8.27. The maximum Gasteiger partial charge on any atom is 0.0954 e. The number of hydrogen-bond donors (Lipinski definition) is 1. The summed E-state index contributed by atoms with van der Waals surface area (Å²) in [5.74, 6) is 0. The van der Waals surface area contributed by atoms with E-state index in [9.17, 15) is 0 Å². The van der Waals surface area contributed by atoms with Crippen LogP contribution >= 0.6 is 0 Å². The number of fused-ring (bicyclic) bond motifs is 1. The highest BCUT2D eigenvalue weighted by molar-refractivity contribution is 5.17. The zero-order valence-electron chi connectivity index (χ0n) is 10.5. The van der Waals surface area contributed by atoms with E-state index in [1.807, 2.05) is 6.33 Å². The maximum atomic E-state index is 4.54. The minimum absolute atomic E-state index is 0.529. The summed E-state index contributed by atoms with van der Waals surface area (Å²) in [5, 5.41) is 3.48. The second-order valence-corrected chi connectivity index (χ2v) is 4.81. The molecule has 2 rings (SSSR count). The van der Waals surface area contributed by atoms with Gasteiger partial charge in [-0.25, -0.2) is 4.98 Å². The molecule has 1 N–H and O–H groups in total. The molecule has 0 aromatic carbocycles. The Kier molecular flexibility index (Phi) is 3.99. The molecule has 1 aliphatic carbocycles. The van der Waals surface area contributed by atoms with Crippen molar-refractivity contribution in [2.75, 3.05) is 13.1 Å². The quantitative estimate of drug-likeness (QED) is 0.773. The zero-order chi connectivity index (χ0) is 11.4. The molecule has 0 radical (unpaired) electrons. The van der Waals surface area contributed by atoms with Crippen molar-refractivity contribution < 1.29 is 0 Å². The van der Waals surface area contributed by atoms with Gasteiger partial charge in [-0.15, -0.1) is 0 Å². The van der Waals surface area contributed by atoms with Crippen LogP contribution in [-0.2, 0) is 12.8 Å². The van der Waals surface area contributed by atoms with Crippen LogP contribution in [0.1, 0.15) is 50.5 Å². The minimum atomic E-state index is 0.529. The van der Waals surface area contributed by atoms with Gasteiger partial charge in [0.05, 0.1) is 12.0 Å². The monoisotopic (exact) mass is 221 g/mol. The zero-order valence-corrected chi connectivity index (χ0v) is 10.5. The first-order chi connectivity index (χ1) is 7.83. The number of nitrogens with one attached hydrogen (secondary N) is 1. The summed E-state index contributed by atoms with van der Waals surface area (Å²) >= 11 is 0. The molecule has 0 bridgehead atoms. The van der Waals surface area contributed by atoms with E-state index in [1.165, 1.54) is 43.5 Å². The van der Waals surface area contributed by atoms with Gasteiger partial charge in [-0.3, -0.25) is 0 Å². The van der Waals surface area contributed by atoms with Crippen LogP contribution in [0, 0.1) is 0 Å². The van der Waals surface area contributed by atoms with E-state index < -0.39 is 0 Å². The fourth-order valence-corrected chi connectivity index (χ4v) is 2.46. The van der Waals surface area contributed by atoms with Gasteiger partial charge in [0.25, 0.3) is 0 Å². The van der Waals surface area contributed by atoms with Crippen molar-refractivity contribution in [3.63, 3.8) is 0 Å². The van der Waals surface area contributed by atoms with Crippen LogP contribution in [0.3, 0.4) is 0 Å². The molecule has 1 aliphatic rings. The third-order valence-corrected chi connectivity index (χ3v) is 3.40. The van der Waals surface area contributed by atoms with Gasteiger partial charge < -0.3 is 9.88 Å². The van der Waals surface area contributed by atoms with Gasteiger partial charge >= 0.3 is 0 Å². The van der Waals surface area contributed by atoms with Crippen LogP contribution in [0.25, 0.3) is 0 Å². The Morgan fingerprint density at radius 3 is 3.06 bits per heavy atom. The van der Waals surface area contributed by atoms with Crippen molar-refractivity contribution >= 4 is 0 Å². The number of imidazole rings is 1. The molecule has 1 aromatic heterocycles. The van der Waals surface area contributed by atoms with Crippen molar-refractivity contribution in [3.05, 3.63) is 17.7 Å². The highest BCUT2D eigenvalue weighted by atomic mass is 15.1. The Bertz CT molecular complexity index is 330. The fourth-order valence-electron chi connectivity index (χ4n) is 2.46. The Morgan fingerprint density at radius 2 is 2.25 bits per heavy atom. The average Bonchev–Trinajstić information content (AvgIpc) is 2.73. The molecule has 0 amide bonds. The molecule has 0 aliphatic heterocycles. The highest BCUT2D eigenvalue weighted by Gasteiger charge is 2.17. The topological polar surface area (TPSA) is 29.9 Å². The van der Waals surface area contributed by atoms with Crippen molar-refractivity contribution in [2.24, 2.45) is 0 Å². The molecule has 1 atom stereocenters. The first-order valence-electron chi connectivity index (χ1n) is 6.58. The molecule has 1 aromatic rings. The molecule has 1 unspecified atom stereocenters. The van der Waals surface area contributed by atoms with Gasteiger partial charge in [0.15, 0.2) is 0 Å². The number of aryl methyl sites for hydroxylation is 1. The standard InChI is InChI=1S/C13H23N3/c1-3-8-14-9-11(2)16-10-15-12-6-4-5-7-13(12)16/h10-11,14H,3-9H2,1-2H3. The van der Waals surface area contributed by atoms with E-state index in [4.69, 9.17) is 0 Å². The molecule has 90 valence electrons. The van der Waals surface area contributed by atoms with E-state index in [1.54, 1.807) is 0 Å². The van der Waals surface area contributed by atoms with E-state index in [0.29, 0.717) is 6.04 Å². The molecule has 3 nitrogen and oxygen atoms in total. The second-order valence-electron chi connectivity index (χ2n) is 4.81.